The number of halogens is 1. The van der Waals surface area contributed by atoms with Gasteiger partial charge in [0.25, 0.3) is 0 Å². The number of rotatable bonds is 4. The summed E-state index contributed by atoms with van der Waals surface area (Å²) in [5.74, 6) is -0.587. The predicted molar refractivity (Wildman–Crippen MR) is 83.4 cm³/mol. The smallest absolute Gasteiger partial charge is 0.147 e. The van der Waals surface area contributed by atoms with Crippen molar-refractivity contribution in [2.75, 3.05) is 32.1 Å². The molecular weight excluding hydrogens is 301 g/mol. The molecule has 0 aromatic heterocycles. The number of likely N-dealkylation sites (tertiary alicyclic amines) is 1. The van der Waals surface area contributed by atoms with Crippen LogP contribution in [-0.2, 0) is 6.54 Å². The molecule has 1 heterocycles. The Morgan fingerprint density at radius 1 is 1.35 bits per heavy atom. The van der Waals surface area contributed by atoms with Gasteiger partial charge in [0.2, 0.25) is 0 Å². The molecule has 1 aliphatic heterocycles. The van der Waals surface area contributed by atoms with Crippen molar-refractivity contribution >= 4 is 5.69 Å². The van der Waals surface area contributed by atoms with Gasteiger partial charge in [-0.25, -0.2) is 4.39 Å². The van der Waals surface area contributed by atoms with Crippen molar-refractivity contribution in [3.63, 3.8) is 0 Å². The zero-order chi connectivity index (χ0) is 17.1. The Balaban J connectivity index is 2.27. The summed E-state index contributed by atoms with van der Waals surface area (Å²) in [6.45, 7) is 0.110. The average Bonchev–Trinajstić information content (AvgIpc) is 2.51. The second-order valence-corrected chi connectivity index (χ2v) is 6.08. The van der Waals surface area contributed by atoms with E-state index in [0.717, 1.165) is 0 Å². The number of nitrogens with zero attached hydrogens (tertiary/aromatic N) is 3. The van der Waals surface area contributed by atoms with Gasteiger partial charge in [-0.15, -0.1) is 0 Å². The number of anilines is 1. The maximum atomic E-state index is 14.6. The van der Waals surface area contributed by atoms with Gasteiger partial charge in [-0.1, -0.05) is 6.07 Å². The third-order valence-corrected chi connectivity index (χ3v) is 4.27. The van der Waals surface area contributed by atoms with Crippen LogP contribution in [0.3, 0.4) is 0 Å². The van der Waals surface area contributed by atoms with Crippen LogP contribution in [0.4, 0.5) is 10.1 Å². The standard InChI is InChI=1S/C16H22FN3O3/c1-19(2)13-4-3-10(16(17)12(13)6-18)7-20-8-15(23)14(22)5-11(20)9-21/h3-4,11,14-15,21-23H,5,7-9H2,1-2H3/t11-,14?,15+/m1/s1. The summed E-state index contributed by atoms with van der Waals surface area (Å²) in [6.07, 6.45) is -1.60. The van der Waals surface area contributed by atoms with Gasteiger partial charge in [0.15, 0.2) is 0 Å². The van der Waals surface area contributed by atoms with Crippen molar-refractivity contribution in [1.82, 2.24) is 4.90 Å². The lowest BCUT2D eigenvalue weighted by Gasteiger charge is -2.39. The van der Waals surface area contributed by atoms with E-state index in [9.17, 15) is 25.0 Å². The third-order valence-electron chi connectivity index (χ3n) is 4.27. The summed E-state index contributed by atoms with van der Waals surface area (Å²) in [5, 5.41) is 38.1. The highest BCUT2D eigenvalue weighted by Gasteiger charge is 2.33. The minimum absolute atomic E-state index is 0.0226. The number of piperidine rings is 1. The number of aliphatic hydroxyl groups excluding tert-OH is 3. The van der Waals surface area contributed by atoms with E-state index in [1.165, 1.54) is 0 Å². The van der Waals surface area contributed by atoms with E-state index < -0.39 is 18.0 Å². The lowest BCUT2D eigenvalue weighted by molar-refractivity contribution is -0.0737. The zero-order valence-corrected chi connectivity index (χ0v) is 13.3. The molecule has 0 radical (unpaired) electrons. The quantitative estimate of drug-likeness (QED) is 0.725. The fourth-order valence-electron chi connectivity index (χ4n) is 2.91. The molecule has 0 saturated carbocycles. The van der Waals surface area contributed by atoms with Crippen LogP contribution >= 0.6 is 0 Å². The number of hydrogen-bond donors (Lipinski definition) is 3. The molecule has 126 valence electrons. The first kappa shape index (κ1) is 17.6. The van der Waals surface area contributed by atoms with Crippen LogP contribution in [0, 0.1) is 17.1 Å². The van der Waals surface area contributed by atoms with Crippen LogP contribution < -0.4 is 4.90 Å². The molecule has 3 atom stereocenters. The molecule has 7 heteroatoms. The van der Waals surface area contributed by atoms with Gasteiger partial charge in [-0.05, 0) is 12.5 Å². The van der Waals surface area contributed by atoms with Crippen LogP contribution in [0.15, 0.2) is 12.1 Å². The molecule has 1 aliphatic rings. The van der Waals surface area contributed by atoms with Gasteiger partial charge in [0.05, 0.1) is 24.5 Å². The number of aliphatic hydroxyl groups is 3. The molecule has 6 nitrogen and oxygen atoms in total. The van der Waals surface area contributed by atoms with E-state index in [-0.39, 0.29) is 37.7 Å². The summed E-state index contributed by atoms with van der Waals surface area (Å²) in [6, 6.07) is 4.82. The highest BCUT2D eigenvalue weighted by molar-refractivity contribution is 5.60. The highest BCUT2D eigenvalue weighted by atomic mass is 19.1. The summed E-state index contributed by atoms with van der Waals surface area (Å²) < 4.78 is 14.6. The fraction of sp³-hybridized carbons (Fsp3) is 0.562. The molecule has 0 amide bonds. The molecule has 0 spiro atoms. The first-order valence-electron chi connectivity index (χ1n) is 7.48. The van der Waals surface area contributed by atoms with Crippen molar-refractivity contribution in [2.45, 2.75) is 31.2 Å². The summed E-state index contributed by atoms with van der Waals surface area (Å²) >= 11 is 0. The monoisotopic (exact) mass is 323 g/mol. The SMILES string of the molecule is CN(C)c1ccc(CN2C[C@H](O)C(O)C[C@@H]2CO)c(F)c1C#N. The molecule has 1 saturated heterocycles. The number of nitriles is 1. The number of benzene rings is 1. The van der Waals surface area contributed by atoms with E-state index in [1.54, 1.807) is 36.0 Å². The van der Waals surface area contributed by atoms with E-state index >= 15 is 0 Å². The summed E-state index contributed by atoms with van der Waals surface area (Å²) in [4.78, 5) is 3.40. The largest absolute Gasteiger partial charge is 0.395 e. The molecule has 1 aromatic carbocycles. The minimum atomic E-state index is -0.933. The Morgan fingerprint density at radius 3 is 2.61 bits per heavy atom. The second-order valence-electron chi connectivity index (χ2n) is 6.08. The Kier molecular flexibility index (Phi) is 5.55. The number of hydrogen-bond acceptors (Lipinski definition) is 6. The van der Waals surface area contributed by atoms with E-state index in [2.05, 4.69) is 0 Å². The third kappa shape index (κ3) is 3.62. The molecule has 0 aliphatic carbocycles. The van der Waals surface area contributed by atoms with Crippen molar-refractivity contribution in [3.8, 4) is 6.07 Å². The maximum absolute atomic E-state index is 14.6. The lowest BCUT2D eigenvalue weighted by atomic mass is 9.96. The first-order chi connectivity index (χ1) is 10.9. The Bertz CT molecular complexity index is 603. The molecule has 3 N–H and O–H groups in total. The van der Waals surface area contributed by atoms with Gasteiger partial charge in [-0.2, -0.15) is 5.26 Å². The molecule has 1 fully saturated rings. The average molecular weight is 323 g/mol. The highest BCUT2D eigenvalue weighted by Crippen LogP contribution is 2.27. The Morgan fingerprint density at radius 2 is 2.04 bits per heavy atom. The van der Waals surface area contributed by atoms with Crippen molar-refractivity contribution < 1.29 is 19.7 Å². The van der Waals surface area contributed by atoms with Crippen LogP contribution in [-0.4, -0.2) is 65.7 Å². The van der Waals surface area contributed by atoms with Gasteiger partial charge in [0.1, 0.15) is 17.4 Å². The summed E-state index contributed by atoms with van der Waals surface area (Å²) in [5.41, 5.74) is 0.807. The predicted octanol–water partition coefficient (Wildman–Crippen LogP) is 0.0518. The Hall–Kier alpha value is -1.72. The van der Waals surface area contributed by atoms with Gasteiger partial charge < -0.3 is 20.2 Å². The van der Waals surface area contributed by atoms with Crippen LogP contribution in [0.25, 0.3) is 0 Å². The van der Waals surface area contributed by atoms with Crippen molar-refractivity contribution in [2.24, 2.45) is 0 Å². The van der Waals surface area contributed by atoms with E-state index in [4.69, 9.17) is 0 Å². The number of β-amino-alcohol motifs (C(OH)–C–C–N with tert-alkyl or cyclic N) is 1. The lowest BCUT2D eigenvalue weighted by Crippen LogP contribution is -2.53. The minimum Gasteiger partial charge on any atom is -0.395 e. The molecule has 1 aromatic rings. The zero-order valence-electron chi connectivity index (χ0n) is 13.3. The topological polar surface area (TPSA) is 91.0 Å². The van der Waals surface area contributed by atoms with Crippen molar-refractivity contribution in [1.29, 1.82) is 5.26 Å². The normalized spacial score (nSPS) is 25.2. The maximum Gasteiger partial charge on any atom is 0.147 e. The molecule has 0 bridgehead atoms. The fourth-order valence-corrected chi connectivity index (χ4v) is 2.91. The van der Waals surface area contributed by atoms with Gasteiger partial charge in [0, 0.05) is 38.8 Å². The molecule has 23 heavy (non-hydrogen) atoms. The summed E-state index contributed by atoms with van der Waals surface area (Å²) in [7, 11) is 3.47. The van der Waals surface area contributed by atoms with E-state index in [0.29, 0.717) is 11.3 Å². The van der Waals surface area contributed by atoms with E-state index in [1.807, 2.05) is 6.07 Å². The van der Waals surface area contributed by atoms with Crippen LogP contribution in [0.1, 0.15) is 17.5 Å². The van der Waals surface area contributed by atoms with Crippen LogP contribution in [0.2, 0.25) is 0 Å². The van der Waals surface area contributed by atoms with Crippen molar-refractivity contribution in [3.05, 3.63) is 29.1 Å². The van der Waals surface area contributed by atoms with Crippen LogP contribution in [0.5, 0.6) is 0 Å². The van der Waals surface area contributed by atoms with Gasteiger partial charge in [-0.3, -0.25) is 4.90 Å². The van der Waals surface area contributed by atoms with Gasteiger partial charge >= 0.3 is 0 Å². The Labute approximate surface area is 135 Å². The second kappa shape index (κ2) is 7.23. The molecule has 2 rings (SSSR count). The molecule has 1 unspecified atom stereocenters. The first-order valence-corrected chi connectivity index (χ1v) is 7.48. The molecular formula is C16H22FN3O3.